The third-order valence-electron chi connectivity index (χ3n) is 7.77. The van der Waals surface area contributed by atoms with Crippen LogP contribution in [0.4, 0.5) is 4.79 Å². The van der Waals surface area contributed by atoms with Crippen LogP contribution in [-0.4, -0.2) is 47.5 Å². The van der Waals surface area contributed by atoms with Gasteiger partial charge in [-0.2, -0.15) is 0 Å². The van der Waals surface area contributed by atoms with E-state index in [4.69, 9.17) is 4.74 Å². The molecule has 41 heavy (non-hydrogen) atoms. The normalized spacial score (nSPS) is 13.7. The number of aryl methyl sites for hydroxylation is 1. The summed E-state index contributed by atoms with van der Waals surface area (Å²) in [6.07, 6.45) is 9.45. The first-order chi connectivity index (χ1) is 19.4. The lowest BCUT2D eigenvalue weighted by atomic mass is 9.92. The van der Waals surface area contributed by atoms with E-state index in [2.05, 4.69) is 24.5 Å². The SMILES string of the molecule is CCCCCCCCN(C(=O)C(NC(=O)OC(C)(C)C)C(C)CC)C(C(=O)NCCCCC)c1cccc(C)c1C. The van der Waals surface area contributed by atoms with Gasteiger partial charge in [0.05, 0.1) is 0 Å². The number of amides is 3. The molecular formula is C34H59N3O4. The molecule has 0 bridgehead atoms. The van der Waals surface area contributed by atoms with Crippen LogP contribution in [0.25, 0.3) is 0 Å². The lowest BCUT2D eigenvalue weighted by Crippen LogP contribution is -2.55. The minimum Gasteiger partial charge on any atom is -0.444 e. The number of ether oxygens (including phenoxy) is 1. The fourth-order valence-corrected chi connectivity index (χ4v) is 4.93. The predicted octanol–water partition coefficient (Wildman–Crippen LogP) is 7.78. The molecule has 0 saturated heterocycles. The number of benzene rings is 1. The van der Waals surface area contributed by atoms with Crippen LogP contribution < -0.4 is 10.6 Å². The van der Waals surface area contributed by atoms with Gasteiger partial charge >= 0.3 is 6.09 Å². The molecule has 2 N–H and O–H groups in total. The third kappa shape index (κ3) is 12.9. The van der Waals surface area contributed by atoms with Crippen LogP contribution in [0.1, 0.15) is 135 Å². The molecule has 1 rings (SSSR count). The minimum atomic E-state index is -0.810. The Kier molecular flexibility index (Phi) is 16.7. The van der Waals surface area contributed by atoms with Crippen molar-refractivity contribution in [3.63, 3.8) is 0 Å². The van der Waals surface area contributed by atoms with E-state index in [1.54, 1.807) is 25.7 Å². The summed E-state index contributed by atoms with van der Waals surface area (Å²) in [4.78, 5) is 43.0. The molecule has 0 aliphatic heterocycles. The average Bonchev–Trinajstić information content (AvgIpc) is 2.91. The summed E-state index contributed by atoms with van der Waals surface area (Å²) in [7, 11) is 0. The van der Waals surface area contributed by atoms with Gasteiger partial charge in [0.25, 0.3) is 0 Å². The van der Waals surface area contributed by atoms with Gasteiger partial charge in [-0.3, -0.25) is 9.59 Å². The van der Waals surface area contributed by atoms with Crippen LogP contribution in [-0.2, 0) is 14.3 Å². The van der Waals surface area contributed by atoms with E-state index < -0.39 is 23.8 Å². The minimum absolute atomic E-state index is 0.144. The molecule has 0 saturated carbocycles. The molecule has 3 amide bonds. The fraction of sp³-hybridized carbons (Fsp3) is 0.735. The first-order valence-corrected chi connectivity index (χ1v) is 16.0. The second-order valence-electron chi connectivity index (χ2n) is 12.5. The number of carbonyl (C=O) groups is 3. The molecule has 0 fully saturated rings. The molecular weight excluding hydrogens is 514 g/mol. The highest BCUT2D eigenvalue weighted by molar-refractivity contribution is 5.92. The van der Waals surface area contributed by atoms with Crippen LogP contribution >= 0.6 is 0 Å². The summed E-state index contributed by atoms with van der Waals surface area (Å²) >= 11 is 0. The van der Waals surface area contributed by atoms with E-state index in [1.165, 1.54) is 19.3 Å². The molecule has 0 aromatic heterocycles. The Hall–Kier alpha value is -2.57. The van der Waals surface area contributed by atoms with E-state index in [0.29, 0.717) is 19.5 Å². The zero-order valence-electron chi connectivity index (χ0n) is 27.5. The van der Waals surface area contributed by atoms with Crippen LogP contribution in [0.3, 0.4) is 0 Å². The molecule has 0 aliphatic carbocycles. The summed E-state index contributed by atoms with van der Waals surface area (Å²) in [6, 6.07) is 4.34. The number of hydrogen-bond donors (Lipinski definition) is 2. The second kappa shape index (κ2) is 18.8. The monoisotopic (exact) mass is 573 g/mol. The zero-order valence-corrected chi connectivity index (χ0v) is 27.5. The van der Waals surface area contributed by atoms with Crippen molar-refractivity contribution in [1.82, 2.24) is 15.5 Å². The van der Waals surface area contributed by atoms with Gasteiger partial charge in [0.1, 0.15) is 17.7 Å². The maximum Gasteiger partial charge on any atom is 0.408 e. The Morgan fingerprint density at radius 1 is 0.902 bits per heavy atom. The number of rotatable bonds is 18. The van der Waals surface area contributed by atoms with E-state index in [1.807, 2.05) is 45.9 Å². The molecule has 0 radical (unpaired) electrons. The topological polar surface area (TPSA) is 87.7 Å². The van der Waals surface area contributed by atoms with Crippen molar-refractivity contribution >= 4 is 17.9 Å². The Balaban J connectivity index is 3.51. The number of hydrogen-bond acceptors (Lipinski definition) is 4. The summed E-state index contributed by atoms with van der Waals surface area (Å²) in [5.41, 5.74) is 2.22. The van der Waals surface area contributed by atoms with E-state index in [0.717, 1.165) is 55.2 Å². The van der Waals surface area contributed by atoms with Gasteiger partial charge in [-0.25, -0.2) is 4.79 Å². The lowest BCUT2D eigenvalue weighted by molar-refractivity contribution is -0.143. The Labute approximate surface area is 250 Å². The van der Waals surface area contributed by atoms with Crippen LogP contribution in [0.5, 0.6) is 0 Å². The Morgan fingerprint density at radius 2 is 1.51 bits per heavy atom. The Bertz CT molecular complexity index is 940. The van der Waals surface area contributed by atoms with Gasteiger partial charge in [-0.05, 0) is 70.1 Å². The fourth-order valence-electron chi connectivity index (χ4n) is 4.93. The first-order valence-electron chi connectivity index (χ1n) is 16.0. The summed E-state index contributed by atoms with van der Waals surface area (Å²) in [6.45, 7) is 18.7. The van der Waals surface area contributed by atoms with Crippen molar-refractivity contribution in [3.05, 3.63) is 34.9 Å². The highest BCUT2D eigenvalue weighted by Gasteiger charge is 2.38. The molecule has 3 atom stereocenters. The van der Waals surface area contributed by atoms with E-state index in [9.17, 15) is 14.4 Å². The van der Waals surface area contributed by atoms with Gasteiger partial charge < -0.3 is 20.3 Å². The quantitative estimate of drug-likeness (QED) is 0.176. The van der Waals surface area contributed by atoms with Gasteiger partial charge in [0.15, 0.2) is 0 Å². The van der Waals surface area contributed by atoms with E-state index >= 15 is 0 Å². The molecule has 0 aliphatic rings. The third-order valence-corrected chi connectivity index (χ3v) is 7.77. The predicted molar refractivity (Wildman–Crippen MR) is 169 cm³/mol. The van der Waals surface area contributed by atoms with Gasteiger partial charge in [-0.1, -0.05) is 97.3 Å². The van der Waals surface area contributed by atoms with Crippen molar-refractivity contribution in [2.45, 2.75) is 144 Å². The van der Waals surface area contributed by atoms with Crippen LogP contribution in [0.15, 0.2) is 18.2 Å². The number of nitrogens with zero attached hydrogens (tertiary/aromatic N) is 1. The van der Waals surface area contributed by atoms with Gasteiger partial charge in [0, 0.05) is 13.1 Å². The number of carbonyl (C=O) groups excluding carboxylic acids is 3. The molecule has 7 nitrogen and oxygen atoms in total. The lowest BCUT2D eigenvalue weighted by Gasteiger charge is -2.37. The van der Waals surface area contributed by atoms with Crippen LogP contribution in [0.2, 0.25) is 0 Å². The maximum absolute atomic E-state index is 14.5. The maximum atomic E-state index is 14.5. The largest absolute Gasteiger partial charge is 0.444 e. The zero-order chi connectivity index (χ0) is 31.0. The summed E-state index contributed by atoms with van der Waals surface area (Å²) in [5.74, 6) is -0.559. The summed E-state index contributed by atoms with van der Waals surface area (Å²) < 4.78 is 5.53. The summed E-state index contributed by atoms with van der Waals surface area (Å²) in [5, 5.41) is 6.00. The van der Waals surface area contributed by atoms with Gasteiger partial charge in [0.2, 0.25) is 11.8 Å². The standard InChI is InChI=1S/C34H59N3O4/c1-10-13-15-16-17-19-24-37(32(39)29(25(4)12-3)36-33(40)41-34(7,8)9)30(31(38)35-23-18-14-11-2)28-22-20-21-26(5)27(28)6/h20-22,25,29-30H,10-19,23-24H2,1-9H3,(H,35,38)(H,36,40). The molecule has 7 heteroatoms. The molecule has 0 heterocycles. The number of alkyl carbamates (subject to hydrolysis) is 1. The second-order valence-corrected chi connectivity index (χ2v) is 12.5. The number of nitrogens with one attached hydrogen (secondary N) is 2. The van der Waals surface area contributed by atoms with Crippen molar-refractivity contribution in [2.24, 2.45) is 5.92 Å². The van der Waals surface area contributed by atoms with Crippen molar-refractivity contribution in [3.8, 4) is 0 Å². The van der Waals surface area contributed by atoms with Crippen LogP contribution in [0, 0.1) is 19.8 Å². The molecule has 1 aromatic carbocycles. The molecule has 234 valence electrons. The van der Waals surface area contributed by atoms with Crippen molar-refractivity contribution in [1.29, 1.82) is 0 Å². The smallest absolute Gasteiger partial charge is 0.408 e. The highest BCUT2D eigenvalue weighted by atomic mass is 16.6. The molecule has 3 unspecified atom stereocenters. The average molecular weight is 574 g/mol. The molecule has 1 aromatic rings. The van der Waals surface area contributed by atoms with E-state index in [-0.39, 0.29) is 17.7 Å². The first kappa shape index (κ1) is 36.5. The van der Waals surface area contributed by atoms with Crippen molar-refractivity contribution < 1.29 is 19.1 Å². The van der Waals surface area contributed by atoms with Crippen molar-refractivity contribution in [2.75, 3.05) is 13.1 Å². The highest BCUT2D eigenvalue weighted by Crippen LogP contribution is 2.29. The van der Waals surface area contributed by atoms with Gasteiger partial charge in [-0.15, -0.1) is 0 Å². The molecule has 0 spiro atoms. The number of unbranched alkanes of at least 4 members (excludes halogenated alkanes) is 7. The Morgan fingerprint density at radius 3 is 2.12 bits per heavy atom.